The van der Waals surface area contributed by atoms with E-state index in [4.69, 9.17) is 4.74 Å². The maximum absolute atomic E-state index is 9.48. The van der Waals surface area contributed by atoms with Gasteiger partial charge in [-0.2, -0.15) is 0 Å². The van der Waals surface area contributed by atoms with Gasteiger partial charge in [0.1, 0.15) is 5.75 Å². The Hall–Kier alpha value is -1.59. The summed E-state index contributed by atoms with van der Waals surface area (Å²) >= 11 is 1.54. The van der Waals surface area contributed by atoms with Crippen molar-refractivity contribution >= 4 is 16.5 Å². The lowest BCUT2D eigenvalue weighted by atomic mass is 10.2. The highest BCUT2D eigenvalue weighted by molar-refractivity contribution is 7.13. The van der Waals surface area contributed by atoms with E-state index >= 15 is 0 Å². The molecule has 19 heavy (non-hydrogen) atoms. The lowest BCUT2D eigenvalue weighted by Crippen LogP contribution is -2.16. The first-order chi connectivity index (χ1) is 9.10. The van der Waals surface area contributed by atoms with Crippen molar-refractivity contribution in [1.29, 1.82) is 0 Å². The van der Waals surface area contributed by atoms with Crippen LogP contribution in [0.5, 0.6) is 5.75 Å². The molecule has 2 rings (SSSR count). The first kappa shape index (κ1) is 13.8. The fourth-order valence-electron chi connectivity index (χ4n) is 1.72. The molecule has 0 spiro atoms. The van der Waals surface area contributed by atoms with Crippen LogP contribution in [0, 0.1) is 0 Å². The summed E-state index contributed by atoms with van der Waals surface area (Å²) in [6, 6.07) is 7.98. The smallest absolute Gasteiger partial charge is 0.185 e. The average Bonchev–Trinajstić information content (AvgIpc) is 2.89. The average molecular weight is 278 g/mol. The molecule has 1 atom stereocenters. The Morgan fingerprint density at radius 1 is 1.37 bits per heavy atom. The second-order valence-electron chi connectivity index (χ2n) is 4.44. The van der Waals surface area contributed by atoms with E-state index in [1.165, 1.54) is 5.56 Å². The van der Waals surface area contributed by atoms with Crippen LogP contribution in [0.2, 0.25) is 0 Å². The lowest BCUT2D eigenvalue weighted by Gasteiger charge is -2.16. The lowest BCUT2D eigenvalue weighted by molar-refractivity contribution is 0.195. The predicted molar refractivity (Wildman–Crippen MR) is 77.8 cm³/mol. The van der Waals surface area contributed by atoms with E-state index in [0.717, 1.165) is 23.1 Å². The van der Waals surface area contributed by atoms with Crippen LogP contribution >= 0.6 is 11.3 Å². The molecule has 1 aromatic heterocycles. The first-order valence-corrected chi connectivity index (χ1v) is 6.95. The van der Waals surface area contributed by atoms with Gasteiger partial charge < -0.3 is 14.7 Å². The Morgan fingerprint density at radius 3 is 2.58 bits per heavy atom. The molecule has 1 N–H and O–H groups in total. The van der Waals surface area contributed by atoms with Crippen molar-refractivity contribution in [2.45, 2.75) is 19.6 Å². The molecule has 0 saturated carbocycles. The van der Waals surface area contributed by atoms with E-state index in [9.17, 15) is 5.11 Å². The fourth-order valence-corrected chi connectivity index (χ4v) is 2.59. The number of aliphatic hydroxyl groups excluding tert-OH is 1. The molecule has 1 heterocycles. The van der Waals surface area contributed by atoms with Crippen molar-refractivity contribution in [2.75, 3.05) is 19.1 Å². The Labute approximate surface area is 117 Å². The molecule has 0 saturated heterocycles. The number of benzene rings is 1. The summed E-state index contributed by atoms with van der Waals surface area (Å²) in [6.07, 6.45) is -0.514. The Kier molecular flexibility index (Phi) is 4.39. The highest BCUT2D eigenvalue weighted by Gasteiger charge is 2.10. The Balaban J connectivity index is 2.04. The van der Waals surface area contributed by atoms with Crippen molar-refractivity contribution < 1.29 is 9.84 Å². The number of thiazole rings is 1. The monoisotopic (exact) mass is 278 g/mol. The van der Waals surface area contributed by atoms with Crippen molar-refractivity contribution in [3.63, 3.8) is 0 Å². The maximum atomic E-state index is 9.48. The summed E-state index contributed by atoms with van der Waals surface area (Å²) in [7, 11) is 3.66. The third kappa shape index (κ3) is 3.45. The van der Waals surface area contributed by atoms with Gasteiger partial charge in [0, 0.05) is 19.0 Å². The second-order valence-corrected chi connectivity index (χ2v) is 5.27. The zero-order valence-electron chi connectivity index (χ0n) is 11.3. The number of hydrogen-bond donors (Lipinski definition) is 1. The van der Waals surface area contributed by atoms with Gasteiger partial charge in [-0.15, -0.1) is 11.3 Å². The topological polar surface area (TPSA) is 45.6 Å². The van der Waals surface area contributed by atoms with Gasteiger partial charge in [0.15, 0.2) is 5.13 Å². The van der Waals surface area contributed by atoms with E-state index < -0.39 is 6.10 Å². The molecular formula is C14H18N2O2S. The van der Waals surface area contributed by atoms with E-state index in [1.54, 1.807) is 25.4 Å². The molecule has 0 aliphatic heterocycles. The van der Waals surface area contributed by atoms with Crippen molar-refractivity contribution in [1.82, 2.24) is 4.98 Å². The molecule has 1 aromatic carbocycles. The van der Waals surface area contributed by atoms with Gasteiger partial charge in [-0.3, -0.25) is 0 Å². The van der Waals surface area contributed by atoms with Crippen molar-refractivity contribution in [3.05, 3.63) is 40.9 Å². The van der Waals surface area contributed by atoms with Gasteiger partial charge in [0.25, 0.3) is 0 Å². The molecule has 0 aliphatic rings. The molecule has 0 radical (unpaired) electrons. The van der Waals surface area contributed by atoms with Crippen molar-refractivity contribution in [2.24, 2.45) is 0 Å². The molecule has 102 valence electrons. The minimum atomic E-state index is -0.514. The Morgan fingerprint density at radius 2 is 2.05 bits per heavy atom. The van der Waals surface area contributed by atoms with Crippen molar-refractivity contribution in [3.8, 4) is 5.75 Å². The highest BCUT2D eigenvalue weighted by Crippen LogP contribution is 2.24. The number of ether oxygens (including phenoxy) is 1. The number of rotatable bonds is 5. The number of aromatic nitrogens is 1. The number of methoxy groups -OCH3 is 1. The van der Waals surface area contributed by atoms with Crippen LogP contribution in [-0.2, 0) is 6.54 Å². The van der Waals surface area contributed by atoms with Gasteiger partial charge in [0.2, 0.25) is 0 Å². The standard InChI is InChI=1S/C14H18N2O2S/c1-10(17)13-9-19-14(15-13)16(2)8-11-4-6-12(18-3)7-5-11/h4-7,9-10,17H,8H2,1-3H3. The molecule has 0 aliphatic carbocycles. The molecule has 1 unspecified atom stereocenters. The van der Waals surface area contributed by atoms with E-state index in [-0.39, 0.29) is 0 Å². The van der Waals surface area contributed by atoms with Gasteiger partial charge >= 0.3 is 0 Å². The summed E-state index contributed by atoms with van der Waals surface area (Å²) in [4.78, 5) is 6.48. The van der Waals surface area contributed by atoms with Crippen LogP contribution in [0.3, 0.4) is 0 Å². The third-order valence-electron chi connectivity index (χ3n) is 2.84. The fraction of sp³-hybridized carbons (Fsp3) is 0.357. The minimum absolute atomic E-state index is 0.514. The number of aliphatic hydroxyl groups is 1. The Bertz CT molecular complexity index is 522. The molecule has 0 amide bonds. The zero-order chi connectivity index (χ0) is 13.8. The van der Waals surface area contributed by atoms with Crippen LogP contribution in [0.4, 0.5) is 5.13 Å². The molecule has 4 nitrogen and oxygen atoms in total. The largest absolute Gasteiger partial charge is 0.497 e. The normalized spacial score (nSPS) is 12.2. The molecule has 5 heteroatoms. The summed E-state index contributed by atoms with van der Waals surface area (Å²) < 4.78 is 5.14. The predicted octanol–water partition coefficient (Wildman–Crippen LogP) is 2.84. The highest BCUT2D eigenvalue weighted by atomic mass is 32.1. The van der Waals surface area contributed by atoms with Gasteiger partial charge in [-0.1, -0.05) is 12.1 Å². The number of anilines is 1. The maximum Gasteiger partial charge on any atom is 0.185 e. The SMILES string of the molecule is COc1ccc(CN(C)c2nc(C(C)O)cs2)cc1. The quantitative estimate of drug-likeness (QED) is 0.913. The van der Waals surface area contributed by atoms with Crippen LogP contribution < -0.4 is 9.64 Å². The minimum Gasteiger partial charge on any atom is -0.497 e. The molecule has 0 fully saturated rings. The summed E-state index contributed by atoms with van der Waals surface area (Å²) in [5.41, 5.74) is 1.92. The summed E-state index contributed by atoms with van der Waals surface area (Å²) in [6.45, 7) is 2.50. The van der Waals surface area contributed by atoms with E-state index in [1.807, 2.05) is 36.7 Å². The van der Waals surface area contributed by atoms with E-state index in [2.05, 4.69) is 9.88 Å². The van der Waals surface area contributed by atoms with Crippen LogP contribution in [0.15, 0.2) is 29.6 Å². The van der Waals surface area contributed by atoms with E-state index in [0.29, 0.717) is 0 Å². The second kappa shape index (κ2) is 6.04. The van der Waals surface area contributed by atoms with Gasteiger partial charge in [-0.25, -0.2) is 4.98 Å². The van der Waals surface area contributed by atoms with Crippen LogP contribution in [-0.4, -0.2) is 24.2 Å². The zero-order valence-corrected chi connectivity index (χ0v) is 12.1. The summed E-state index contributed by atoms with van der Waals surface area (Å²) in [5, 5.41) is 12.3. The molecule has 0 bridgehead atoms. The first-order valence-electron chi connectivity index (χ1n) is 6.07. The molecular weight excluding hydrogens is 260 g/mol. The third-order valence-corrected chi connectivity index (χ3v) is 3.82. The number of hydrogen-bond acceptors (Lipinski definition) is 5. The molecule has 2 aromatic rings. The van der Waals surface area contributed by atoms with Crippen LogP contribution in [0.25, 0.3) is 0 Å². The summed E-state index contributed by atoms with van der Waals surface area (Å²) in [5.74, 6) is 0.858. The van der Waals surface area contributed by atoms with Gasteiger partial charge in [0.05, 0.1) is 18.9 Å². The number of nitrogens with zero attached hydrogens (tertiary/aromatic N) is 2. The van der Waals surface area contributed by atoms with Gasteiger partial charge in [-0.05, 0) is 24.6 Å². The van der Waals surface area contributed by atoms with Crippen LogP contribution in [0.1, 0.15) is 24.3 Å².